The molecular formula is C11H12ClN3S. The van der Waals surface area contributed by atoms with Crippen molar-refractivity contribution in [3.63, 3.8) is 0 Å². The van der Waals surface area contributed by atoms with Gasteiger partial charge in [0.05, 0.1) is 17.6 Å². The second-order valence-electron chi connectivity index (χ2n) is 3.39. The zero-order chi connectivity index (χ0) is 11.5. The van der Waals surface area contributed by atoms with Crippen LogP contribution in [-0.4, -0.2) is 16.0 Å². The van der Waals surface area contributed by atoms with Crippen LogP contribution in [0.2, 0.25) is 5.02 Å². The van der Waals surface area contributed by atoms with Gasteiger partial charge in [0.1, 0.15) is 5.82 Å². The molecule has 5 heteroatoms. The Morgan fingerprint density at radius 2 is 2.31 bits per heavy atom. The lowest BCUT2D eigenvalue weighted by Gasteiger charge is -2.05. The number of aromatic nitrogens is 2. The van der Waals surface area contributed by atoms with Crippen molar-refractivity contribution in [3.05, 3.63) is 41.0 Å². The van der Waals surface area contributed by atoms with Gasteiger partial charge in [0, 0.05) is 5.02 Å². The molecule has 3 nitrogen and oxygen atoms in total. The van der Waals surface area contributed by atoms with Crippen LogP contribution >= 0.6 is 23.4 Å². The molecule has 0 radical (unpaired) electrons. The number of hydrogen-bond acceptors (Lipinski definition) is 3. The lowest BCUT2D eigenvalue weighted by molar-refractivity contribution is 0.696. The van der Waals surface area contributed by atoms with Crippen LogP contribution in [0.5, 0.6) is 0 Å². The van der Waals surface area contributed by atoms with Crippen LogP contribution in [0.1, 0.15) is 5.56 Å². The van der Waals surface area contributed by atoms with E-state index in [1.54, 1.807) is 22.6 Å². The molecule has 1 aromatic heterocycles. The lowest BCUT2D eigenvalue weighted by Crippen LogP contribution is -2.05. The molecule has 84 valence electrons. The number of benzene rings is 1. The normalized spacial score (nSPS) is 10.6. The highest BCUT2D eigenvalue weighted by Gasteiger charge is 2.06. The van der Waals surface area contributed by atoms with Crippen molar-refractivity contribution in [1.82, 2.24) is 9.78 Å². The minimum absolute atomic E-state index is 0.646. The molecule has 2 N–H and O–H groups in total. The number of hydrogen-bond donors (Lipinski definition) is 1. The zero-order valence-corrected chi connectivity index (χ0v) is 10.4. The number of nitrogens with zero attached hydrogens (tertiary/aromatic N) is 2. The summed E-state index contributed by atoms with van der Waals surface area (Å²) >= 11 is 7.51. The van der Waals surface area contributed by atoms with Crippen LogP contribution in [0, 0.1) is 0 Å². The maximum absolute atomic E-state index is 5.95. The topological polar surface area (TPSA) is 43.8 Å². The Bertz CT molecular complexity index is 496. The molecule has 0 fully saturated rings. The van der Waals surface area contributed by atoms with Gasteiger partial charge < -0.3 is 5.73 Å². The van der Waals surface area contributed by atoms with Crippen molar-refractivity contribution in [2.75, 3.05) is 12.0 Å². The van der Waals surface area contributed by atoms with Gasteiger partial charge in [-0.25, -0.2) is 4.68 Å². The average molecular weight is 254 g/mol. The fourth-order valence-corrected chi connectivity index (χ4v) is 2.15. The molecule has 0 atom stereocenters. The Kier molecular flexibility index (Phi) is 3.41. The van der Waals surface area contributed by atoms with E-state index in [4.69, 9.17) is 17.3 Å². The van der Waals surface area contributed by atoms with Crippen molar-refractivity contribution in [3.8, 4) is 0 Å². The molecular weight excluding hydrogens is 242 g/mol. The van der Waals surface area contributed by atoms with Gasteiger partial charge in [-0.3, -0.25) is 0 Å². The van der Waals surface area contributed by atoms with Crippen LogP contribution in [-0.2, 0) is 6.54 Å². The van der Waals surface area contributed by atoms with Crippen molar-refractivity contribution in [1.29, 1.82) is 0 Å². The highest BCUT2D eigenvalue weighted by atomic mass is 35.5. The fraction of sp³-hybridized carbons (Fsp3) is 0.182. The largest absolute Gasteiger partial charge is 0.383 e. The summed E-state index contributed by atoms with van der Waals surface area (Å²) in [7, 11) is 0. The highest BCUT2D eigenvalue weighted by molar-refractivity contribution is 7.98. The number of thioether (sulfide) groups is 1. The highest BCUT2D eigenvalue weighted by Crippen LogP contribution is 2.22. The third-order valence-corrected chi connectivity index (χ3v) is 3.28. The molecule has 1 aromatic carbocycles. The molecule has 1 heterocycles. The second-order valence-corrected chi connectivity index (χ2v) is 4.67. The molecule has 0 amide bonds. The van der Waals surface area contributed by atoms with E-state index in [1.165, 1.54) is 0 Å². The molecule has 0 saturated carbocycles. The molecule has 0 aliphatic carbocycles. The summed E-state index contributed by atoms with van der Waals surface area (Å²) in [6, 6.07) is 7.70. The standard InChI is InChI=1S/C11H12ClN3S/c1-16-10-6-14-15(11(10)13)7-8-3-2-4-9(12)5-8/h2-6H,7,13H2,1H3. The van der Waals surface area contributed by atoms with E-state index in [0.29, 0.717) is 12.4 Å². The van der Waals surface area contributed by atoms with Crippen molar-refractivity contribution in [2.24, 2.45) is 0 Å². The molecule has 0 saturated heterocycles. The van der Waals surface area contributed by atoms with Gasteiger partial charge >= 0.3 is 0 Å². The number of nitrogen functional groups attached to an aromatic ring is 1. The number of halogens is 1. The molecule has 2 aromatic rings. The average Bonchev–Trinajstić information content (AvgIpc) is 2.60. The van der Waals surface area contributed by atoms with E-state index in [2.05, 4.69) is 5.10 Å². The van der Waals surface area contributed by atoms with Gasteiger partial charge in [0.25, 0.3) is 0 Å². The van der Waals surface area contributed by atoms with Gasteiger partial charge in [-0.2, -0.15) is 5.10 Å². The first kappa shape index (κ1) is 11.4. The van der Waals surface area contributed by atoms with Gasteiger partial charge in [-0.15, -0.1) is 11.8 Å². The van der Waals surface area contributed by atoms with E-state index >= 15 is 0 Å². The third kappa shape index (κ3) is 2.33. The summed E-state index contributed by atoms with van der Waals surface area (Å²) in [6.45, 7) is 0.646. The van der Waals surface area contributed by atoms with E-state index in [9.17, 15) is 0 Å². The Hall–Kier alpha value is -1.13. The monoisotopic (exact) mass is 253 g/mol. The number of rotatable bonds is 3. The Morgan fingerprint density at radius 3 is 2.94 bits per heavy atom. The first-order chi connectivity index (χ1) is 7.70. The Labute approximate surface area is 104 Å². The van der Waals surface area contributed by atoms with Crippen molar-refractivity contribution < 1.29 is 0 Å². The zero-order valence-electron chi connectivity index (χ0n) is 8.85. The summed E-state index contributed by atoms with van der Waals surface area (Å²) in [4.78, 5) is 1.00. The molecule has 0 spiro atoms. The Morgan fingerprint density at radius 1 is 1.50 bits per heavy atom. The second kappa shape index (κ2) is 4.80. The van der Waals surface area contributed by atoms with E-state index < -0.39 is 0 Å². The Balaban J connectivity index is 2.24. The predicted molar refractivity (Wildman–Crippen MR) is 69.0 cm³/mol. The summed E-state index contributed by atoms with van der Waals surface area (Å²) in [5.41, 5.74) is 7.04. The van der Waals surface area contributed by atoms with Crippen LogP contribution in [0.3, 0.4) is 0 Å². The lowest BCUT2D eigenvalue weighted by atomic mass is 10.2. The molecule has 2 rings (SSSR count). The minimum Gasteiger partial charge on any atom is -0.383 e. The molecule has 16 heavy (non-hydrogen) atoms. The fourth-order valence-electron chi connectivity index (χ4n) is 1.47. The van der Waals surface area contributed by atoms with Gasteiger partial charge in [0.15, 0.2) is 0 Å². The predicted octanol–water partition coefficient (Wildman–Crippen LogP) is 2.89. The minimum atomic E-state index is 0.646. The van der Waals surface area contributed by atoms with Gasteiger partial charge in [-0.05, 0) is 24.0 Å². The van der Waals surface area contributed by atoms with E-state index in [-0.39, 0.29) is 0 Å². The summed E-state index contributed by atoms with van der Waals surface area (Å²) in [6.07, 6.45) is 3.77. The van der Waals surface area contributed by atoms with Gasteiger partial charge in [-0.1, -0.05) is 23.7 Å². The maximum Gasteiger partial charge on any atom is 0.135 e. The first-order valence-corrected chi connectivity index (χ1v) is 6.40. The molecule has 0 unspecified atom stereocenters. The number of nitrogens with two attached hydrogens (primary N) is 1. The smallest absolute Gasteiger partial charge is 0.135 e. The van der Waals surface area contributed by atoms with E-state index in [0.717, 1.165) is 15.5 Å². The van der Waals surface area contributed by atoms with Crippen molar-refractivity contribution >= 4 is 29.2 Å². The third-order valence-electron chi connectivity index (χ3n) is 2.29. The van der Waals surface area contributed by atoms with E-state index in [1.807, 2.05) is 30.5 Å². The van der Waals surface area contributed by atoms with Crippen molar-refractivity contribution in [2.45, 2.75) is 11.4 Å². The molecule has 0 aliphatic rings. The quantitative estimate of drug-likeness (QED) is 0.856. The molecule has 0 bridgehead atoms. The summed E-state index contributed by atoms with van der Waals surface area (Å²) < 4.78 is 1.78. The van der Waals surface area contributed by atoms with Crippen LogP contribution in [0.15, 0.2) is 35.4 Å². The van der Waals surface area contributed by atoms with Crippen LogP contribution < -0.4 is 5.73 Å². The maximum atomic E-state index is 5.95. The van der Waals surface area contributed by atoms with Crippen LogP contribution in [0.4, 0.5) is 5.82 Å². The van der Waals surface area contributed by atoms with Crippen LogP contribution in [0.25, 0.3) is 0 Å². The number of anilines is 1. The first-order valence-electron chi connectivity index (χ1n) is 4.80. The summed E-state index contributed by atoms with van der Waals surface area (Å²) in [5.74, 6) is 0.701. The SMILES string of the molecule is CSc1cnn(Cc2cccc(Cl)c2)c1N. The molecule has 0 aliphatic heterocycles. The van der Waals surface area contributed by atoms with Gasteiger partial charge in [0.2, 0.25) is 0 Å². The summed E-state index contributed by atoms with van der Waals surface area (Å²) in [5, 5.41) is 4.97.